The van der Waals surface area contributed by atoms with Crippen molar-refractivity contribution in [3.8, 4) is 17.2 Å². The molecule has 0 fully saturated rings. The predicted molar refractivity (Wildman–Crippen MR) is 99.4 cm³/mol. The zero-order valence-electron chi connectivity index (χ0n) is 14.4. The van der Waals surface area contributed by atoms with Crippen molar-refractivity contribution in [3.05, 3.63) is 52.5 Å². The molecule has 0 saturated carbocycles. The summed E-state index contributed by atoms with van der Waals surface area (Å²) < 4.78 is 16.7. The lowest BCUT2D eigenvalue weighted by Gasteiger charge is -2.13. The van der Waals surface area contributed by atoms with Crippen LogP contribution < -0.4 is 25.1 Å². The number of methoxy groups -OCH3 is 1. The number of nitrogens with one attached hydrogen (secondary N) is 2. The van der Waals surface area contributed by atoms with Gasteiger partial charge in [0.2, 0.25) is 0 Å². The van der Waals surface area contributed by atoms with Gasteiger partial charge in [-0.3, -0.25) is 20.4 Å². The quantitative estimate of drug-likeness (QED) is 0.669. The van der Waals surface area contributed by atoms with Crippen molar-refractivity contribution in [1.82, 2.24) is 10.9 Å². The van der Waals surface area contributed by atoms with Crippen molar-refractivity contribution >= 4 is 27.7 Å². The molecule has 138 valence electrons. The molecule has 0 bridgehead atoms. The van der Waals surface area contributed by atoms with Gasteiger partial charge in [0.05, 0.1) is 19.3 Å². The number of hydrogen-bond donors (Lipinski definition) is 2. The van der Waals surface area contributed by atoms with Crippen LogP contribution in [0.25, 0.3) is 0 Å². The number of amides is 2. The van der Waals surface area contributed by atoms with Gasteiger partial charge < -0.3 is 14.2 Å². The summed E-state index contributed by atoms with van der Waals surface area (Å²) in [6.07, 6.45) is 0. The van der Waals surface area contributed by atoms with Gasteiger partial charge in [-0.25, -0.2) is 0 Å². The number of carbonyl (C=O) groups excluding carboxylic acids is 2. The topological polar surface area (TPSA) is 85.9 Å². The van der Waals surface area contributed by atoms with Crippen molar-refractivity contribution in [2.45, 2.75) is 6.92 Å². The van der Waals surface area contributed by atoms with Gasteiger partial charge in [-0.15, -0.1) is 0 Å². The summed E-state index contributed by atoms with van der Waals surface area (Å²) >= 11 is 3.31. The summed E-state index contributed by atoms with van der Waals surface area (Å²) in [5, 5.41) is 0. The van der Waals surface area contributed by atoms with E-state index in [0.717, 1.165) is 4.47 Å². The van der Waals surface area contributed by atoms with Crippen LogP contribution in [0, 0.1) is 0 Å². The summed E-state index contributed by atoms with van der Waals surface area (Å²) in [6, 6.07) is 12.0. The standard InChI is InChI=1S/C18H19BrN2O5/c1-3-25-14-9-8-12(19)10-13(14)18(23)21-20-17(22)11-26-16-7-5-4-6-15(16)24-2/h4-10H,3,11H2,1-2H3,(H,20,22)(H,21,23). The fourth-order valence-corrected chi connectivity index (χ4v) is 2.43. The molecule has 0 atom stereocenters. The third kappa shape index (κ3) is 5.38. The van der Waals surface area contributed by atoms with E-state index in [0.29, 0.717) is 29.4 Å². The fraction of sp³-hybridized carbons (Fsp3) is 0.222. The Bertz CT molecular complexity index is 782. The average Bonchev–Trinajstić information content (AvgIpc) is 2.66. The van der Waals surface area contributed by atoms with E-state index in [9.17, 15) is 9.59 Å². The third-order valence-corrected chi connectivity index (χ3v) is 3.72. The van der Waals surface area contributed by atoms with Crippen LogP contribution in [0.2, 0.25) is 0 Å². The molecule has 8 heteroatoms. The molecule has 2 amide bonds. The molecule has 0 heterocycles. The van der Waals surface area contributed by atoms with Gasteiger partial charge in [-0.2, -0.15) is 0 Å². The third-order valence-electron chi connectivity index (χ3n) is 3.23. The number of rotatable bonds is 7. The molecule has 0 aliphatic rings. The van der Waals surface area contributed by atoms with E-state index in [4.69, 9.17) is 14.2 Å². The highest BCUT2D eigenvalue weighted by Crippen LogP contribution is 2.25. The molecular weight excluding hydrogens is 404 g/mol. The van der Waals surface area contributed by atoms with E-state index in [-0.39, 0.29) is 6.61 Å². The SMILES string of the molecule is CCOc1ccc(Br)cc1C(=O)NNC(=O)COc1ccccc1OC. The zero-order chi connectivity index (χ0) is 18.9. The minimum Gasteiger partial charge on any atom is -0.493 e. The second kappa shape index (κ2) is 9.67. The van der Waals surface area contributed by atoms with E-state index in [1.807, 2.05) is 6.92 Å². The first-order valence-electron chi connectivity index (χ1n) is 7.82. The number of halogens is 1. The Morgan fingerprint density at radius 1 is 1.00 bits per heavy atom. The summed E-state index contributed by atoms with van der Waals surface area (Å²) in [5.74, 6) is 0.354. The molecule has 7 nitrogen and oxygen atoms in total. The van der Waals surface area contributed by atoms with E-state index < -0.39 is 11.8 Å². The molecule has 2 N–H and O–H groups in total. The van der Waals surface area contributed by atoms with Crippen LogP contribution in [0.4, 0.5) is 0 Å². The molecule has 2 aromatic rings. The van der Waals surface area contributed by atoms with Gasteiger partial charge in [-0.05, 0) is 37.3 Å². The molecule has 0 aliphatic heterocycles. The van der Waals surface area contributed by atoms with Crippen LogP contribution >= 0.6 is 15.9 Å². The molecule has 0 saturated heterocycles. The van der Waals surface area contributed by atoms with E-state index in [1.54, 1.807) is 42.5 Å². The second-order valence-corrected chi connectivity index (χ2v) is 5.93. The summed E-state index contributed by atoms with van der Waals surface area (Å²) in [6.45, 7) is 1.96. The monoisotopic (exact) mass is 422 g/mol. The first kappa shape index (κ1) is 19.6. The largest absolute Gasteiger partial charge is 0.493 e. The Morgan fingerprint density at radius 2 is 1.73 bits per heavy atom. The number of benzene rings is 2. The summed E-state index contributed by atoms with van der Waals surface area (Å²) in [7, 11) is 1.51. The maximum Gasteiger partial charge on any atom is 0.276 e. The highest BCUT2D eigenvalue weighted by atomic mass is 79.9. The number of carbonyl (C=O) groups is 2. The Labute approximate surface area is 159 Å². The minimum atomic E-state index is -0.516. The lowest BCUT2D eigenvalue weighted by molar-refractivity contribution is -0.123. The highest BCUT2D eigenvalue weighted by Gasteiger charge is 2.14. The highest BCUT2D eigenvalue weighted by molar-refractivity contribution is 9.10. The molecule has 26 heavy (non-hydrogen) atoms. The van der Waals surface area contributed by atoms with Crippen LogP contribution in [0.1, 0.15) is 17.3 Å². The number of ether oxygens (including phenoxy) is 3. The van der Waals surface area contributed by atoms with Gasteiger partial charge >= 0.3 is 0 Å². The lowest BCUT2D eigenvalue weighted by Crippen LogP contribution is -2.44. The van der Waals surface area contributed by atoms with Crippen molar-refractivity contribution < 1.29 is 23.8 Å². The number of hydrazine groups is 1. The fourth-order valence-electron chi connectivity index (χ4n) is 2.07. The Morgan fingerprint density at radius 3 is 2.42 bits per heavy atom. The molecule has 2 aromatic carbocycles. The van der Waals surface area contributed by atoms with Crippen molar-refractivity contribution in [1.29, 1.82) is 0 Å². The Kier molecular flexibility index (Phi) is 7.28. The van der Waals surface area contributed by atoms with Gasteiger partial charge in [-0.1, -0.05) is 28.1 Å². The molecule has 2 rings (SSSR count). The van der Waals surface area contributed by atoms with E-state index in [1.165, 1.54) is 7.11 Å². The minimum absolute atomic E-state index is 0.280. The average molecular weight is 423 g/mol. The van der Waals surface area contributed by atoms with Crippen LogP contribution in [-0.4, -0.2) is 32.1 Å². The van der Waals surface area contributed by atoms with Gasteiger partial charge in [0, 0.05) is 4.47 Å². The van der Waals surface area contributed by atoms with E-state index >= 15 is 0 Å². The van der Waals surface area contributed by atoms with Crippen molar-refractivity contribution in [2.24, 2.45) is 0 Å². The molecule has 0 aromatic heterocycles. The number of para-hydroxylation sites is 2. The molecule has 0 unspecified atom stereocenters. The maximum absolute atomic E-state index is 12.3. The zero-order valence-corrected chi connectivity index (χ0v) is 16.0. The number of hydrogen-bond acceptors (Lipinski definition) is 5. The van der Waals surface area contributed by atoms with Gasteiger partial charge in [0.15, 0.2) is 18.1 Å². The predicted octanol–water partition coefficient (Wildman–Crippen LogP) is 2.70. The molecule has 0 aliphatic carbocycles. The van der Waals surface area contributed by atoms with Crippen LogP contribution in [-0.2, 0) is 4.79 Å². The van der Waals surface area contributed by atoms with Gasteiger partial charge in [0.25, 0.3) is 11.8 Å². The Hall–Kier alpha value is -2.74. The Balaban J connectivity index is 1.91. The van der Waals surface area contributed by atoms with Crippen LogP contribution in [0.5, 0.6) is 17.2 Å². The van der Waals surface area contributed by atoms with Crippen molar-refractivity contribution in [2.75, 3.05) is 20.3 Å². The summed E-state index contributed by atoms with van der Waals surface area (Å²) in [4.78, 5) is 24.2. The van der Waals surface area contributed by atoms with Crippen LogP contribution in [0.3, 0.4) is 0 Å². The first-order valence-corrected chi connectivity index (χ1v) is 8.61. The van der Waals surface area contributed by atoms with E-state index in [2.05, 4.69) is 26.8 Å². The molecule has 0 spiro atoms. The molecule has 0 radical (unpaired) electrons. The lowest BCUT2D eigenvalue weighted by atomic mass is 10.2. The van der Waals surface area contributed by atoms with Crippen LogP contribution in [0.15, 0.2) is 46.9 Å². The summed E-state index contributed by atoms with van der Waals surface area (Å²) in [5.41, 5.74) is 4.94. The second-order valence-electron chi connectivity index (χ2n) is 5.02. The maximum atomic E-state index is 12.3. The first-order chi connectivity index (χ1) is 12.5. The van der Waals surface area contributed by atoms with Crippen molar-refractivity contribution in [3.63, 3.8) is 0 Å². The smallest absolute Gasteiger partial charge is 0.276 e. The normalized spacial score (nSPS) is 9.96. The molecular formula is C18H19BrN2O5. The van der Waals surface area contributed by atoms with Gasteiger partial charge in [0.1, 0.15) is 5.75 Å².